The van der Waals surface area contributed by atoms with Crippen LogP contribution in [0.5, 0.6) is 0 Å². The number of nitrogens with one attached hydrogen (secondary N) is 2. The number of hydrogen-bond acceptors (Lipinski definition) is 4. The predicted octanol–water partition coefficient (Wildman–Crippen LogP) is 2.51. The zero-order chi connectivity index (χ0) is 27.4. The summed E-state index contributed by atoms with van der Waals surface area (Å²) in [7, 11) is 0. The molecule has 2 aliphatic rings. The lowest BCUT2D eigenvalue weighted by atomic mass is 10.0. The quantitative estimate of drug-likeness (QED) is 0.662. The van der Waals surface area contributed by atoms with Crippen LogP contribution in [0, 0.1) is 0 Å². The van der Waals surface area contributed by atoms with Gasteiger partial charge in [0.15, 0.2) is 1.41 Å². The van der Waals surface area contributed by atoms with Crippen LogP contribution in [-0.2, 0) is 33.4 Å². The molecule has 0 aliphatic carbocycles. The predicted molar refractivity (Wildman–Crippen MR) is 110 cm³/mol. The number of hydrogen-bond donors (Lipinski definition) is 2. The van der Waals surface area contributed by atoms with Crippen molar-refractivity contribution in [3.8, 4) is 0 Å². The van der Waals surface area contributed by atoms with E-state index in [9.17, 15) is 28.0 Å². The molecule has 166 valence electrons. The van der Waals surface area contributed by atoms with Crippen LogP contribution < -0.4 is 10.6 Å². The Kier molecular flexibility index (Phi) is 4.24. The monoisotopic (exact) mass is 466 g/mol. The summed E-state index contributed by atoms with van der Waals surface area (Å²) in [4.78, 5) is 50.2. The number of halogens is 3. The van der Waals surface area contributed by atoms with E-state index in [0.717, 1.165) is 24.3 Å². The van der Waals surface area contributed by atoms with Crippen molar-refractivity contribution in [3.05, 3.63) is 69.7 Å². The van der Waals surface area contributed by atoms with Gasteiger partial charge in [-0.25, -0.2) is 0 Å². The smallest absolute Gasteiger partial charge is 0.346 e. The van der Waals surface area contributed by atoms with Crippen LogP contribution in [-0.4, -0.2) is 34.5 Å². The molecule has 2 heterocycles. The Balaban J connectivity index is 1.58. The van der Waals surface area contributed by atoms with Crippen molar-refractivity contribution in [2.24, 2.45) is 0 Å². The molecule has 1 saturated heterocycles. The fourth-order valence-corrected chi connectivity index (χ4v) is 3.40. The molecule has 2 aliphatic heterocycles. The summed E-state index contributed by atoms with van der Waals surface area (Å²) in [6, 6.07) is 5.11. The SMILES string of the molecule is [2H]C1C(=O)NC(=O)C([2H])(N2Cc3cc(C([2H])N([2H])C(=O)C(F)(F)c4ccc(Cl)cc4)ccc3C2=O)C1[2H]. The first-order valence-electron chi connectivity index (χ1n) is 11.9. The van der Waals surface area contributed by atoms with Crippen molar-refractivity contribution in [1.29, 1.82) is 0 Å². The van der Waals surface area contributed by atoms with Crippen molar-refractivity contribution in [3.63, 3.8) is 0 Å². The summed E-state index contributed by atoms with van der Waals surface area (Å²) >= 11 is 5.69. The minimum Gasteiger partial charge on any atom is -0.346 e. The number of amides is 4. The van der Waals surface area contributed by atoms with Gasteiger partial charge in [0.25, 0.3) is 11.8 Å². The zero-order valence-corrected chi connectivity index (χ0v) is 16.9. The molecule has 2 N–H and O–H groups in total. The van der Waals surface area contributed by atoms with Crippen LogP contribution in [0.1, 0.15) is 45.3 Å². The molecule has 32 heavy (non-hydrogen) atoms. The van der Waals surface area contributed by atoms with Gasteiger partial charge in [-0.05, 0) is 35.7 Å². The Morgan fingerprint density at radius 1 is 1.31 bits per heavy atom. The van der Waals surface area contributed by atoms with Crippen LogP contribution in [0.3, 0.4) is 0 Å². The van der Waals surface area contributed by atoms with Gasteiger partial charge in [0.1, 0.15) is 6.02 Å². The largest absolute Gasteiger partial charge is 0.349 e. The Hall–Kier alpha value is -3.33. The van der Waals surface area contributed by atoms with E-state index in [1.807, 2.05) is 5.32 Å². The molecule has 7 nitrogen and oxygen atoms in total. The molecule has 0 saturated carbocycles. The van der Waals surface area contributed by atoms with Gasteiger partial charge in [0.05, 0.1) is 2.74 Å². The first kappa shape index (κ1) is 16.3. The van der Waals surface area contributed by atoms with Crippen LogP contribution in [0.15, 0.2) is 42.5 Å². The molecule has 4 rings (SSSR count). The zero-order valence-electron chi connectivity index (χ0n) is 21.1. The highest BCUT2D eigenvalue weighted by atomic mass is 35.5. The maximum atomic E-state index is 14.7. The molecule has 0 aromatic heterocycles. The van der Waals surface area contributed by atoms with Crippen LogP contribution in [0.4, 0.5) is 8.78 Å². The van der Waals surface area contributed by atoms with Crippen molar-refractivity contribution in [2.45, 2.75) is 37.8 Å². The van der Waals surface area contributed by atoms with Gasteiger partial charge in [0.2, 0.25) is 11.8 Å². The summed E-state index contributed by atoms with van der Waals surface area (Å²) in [5.74, 6) is -9.26. The van der Waals surface area contributed by atoms with Gasteiger partial charge in [-0.15, -0.1) is 0 Å². The molecule has 0 radical (unpaired) electrons. The fourth-order valence-electron chi connectivity index (χ4n) is 3.27. The molecule has 2 aromatic carbocycles. The molecule has 10 heteroatoms. The van der Waals surface area contributed by atoms with E-state index >= 15 is 0 Å². The van der Waals surface area contributed by atoms with Crippen LogP contribution in [0.25, 0.3) is 0 Å². The van der Waals surface area contributed by atoms with Crippen molar-refractivity contribution in [1.82, 2.24) is 15.5 Å². The highest BCUT2D eigenvalue weighted by Crippen LogP contribution is 2.30. The number of imide groups is 1. The van der Waals surface area contributed by atoms with E-state index in [1.54, 1.807) is 0 Å². The number of rotatable bonds is 5. The number of piperidine rings is 1. The van der Waals surface area contributed by atoms with Gasteiger partial charge < -0.3 is 10.2 Å². The van der Waals surface area contributed by atoms with E-state index in [1.165, 1.54) is 18.2 Å². The van der Waals surface area contributed by atoms with Gasteiger partial charge in [0, 0.05) is 38.4 Å². The Morgan fingerprint density at radius 3 is 2.75 bits per heavy atom. The number of alkyl halides is 2. The molecule has 4 unspecified atom stereocenters. The lowest BCUT2D eigenvalue weighted by Crippen LogP contribution is -2.52. The van der Waals surface area contributed by atoms with Crippen molar-refractivity contribution in [2.75, 3.05) is 0 Å². The number of fused-ring (bicyclic) bond motifs is 1. The fraction of sp³-hybridized carbons (Fsp3) is 0.273. The normalized spacial score (nSPS) is 28.5. The van der Waals surface area contributed by atoms with Gasteiger partial charge in [-0.1, -0.05) is 35.9 Å². The molecule has 1 fully saturated rings. The second-order valence-electron chi connectivity index (χ2n) is 6.99. The lowest BCUT2D eigenvalue weighted by Gasteiger charge is -2.29. The molecule has 4 atom stereocenters. The number of carbonyl (C=O) groups excluding carboxylic acids is 4. The highest BCUT2D eigenvalue weighted by Gasteiger charge is 2.41. The Morgan fingerprint density at radius 2 is 2.03 bits per heavy atom. The molecular weight excluding hydrogens is 444 g/mol. The molecular formula is C22H18ClF2N3O4. The summed E-state index contributed by atoms with van der Waals surface area (Å²) < 4.78 is 69.8. The lowest BCUT2D eigenvalue weighted by molar-refractivity contribution is -0.147. The minimum atomic E-state index is -4.13. The van der Waals surface area contributed by atoms with E-state index in [0.29, 0.717) is 4.90 Å². The molecule has 0 spiro atoms. The summed E-state index contributed by atoms with van der Waals surface area (Å²) in [6.45, 7) is -2.35. The second kappa shape index (κ2) is 8.31. The highest BCUT2D eigenvalue weighted by molar-refractivity contribution is 6.30. The van der Waals surface area contributed by atoms with E-state index in [-0.39, 0.29) is 27.0 Å². The third-order valence-electron chi connectivity index (χ3n) is 4.89. The third-order valence-corrected chi connectivity index (χ3v) is 5.14. The number of nitrogens with zero attached hydrogens (tertiary/aromatic N) is 1. The minimum absolute atomic E-state index is 0.0182. The summed E-state index contributed by atoms with van der Waals surface area (Å²) in [5, 5.41) is 1.77. The maximum absolute atomic E-state index is 14.7. The maximum Gasteiger partial charge on any atom is 0.349 e. The third kappa shape index (κ3) is 4.08. The number of benzene rings is 2. The van der Waals surface area contributed by atoms with Crippen LogP contribution in [0.2, 0.25) is 6.43 Å². The average molecular weight is 467 g/mol. The molecule has 2 aromatic rings. The molecule has 0 bridgehead atoms. The Labute approximate surface area is 193 Å². The topological polar surface area (TPSA) is 95.6 Å². The summed E-state index contributed by atoms with van der Waals surface area (Å²) in [6.07, 6.45) is -3.71. The first-order chi connectivity index (χ1) is 17.2. The average Bonchev–Trinajstić information content (AvgIpc) is 3.21. The van der Waals surface area contributed by atoms with Crippen LogP contribution >= 0.6 is 11.6 Å². The van der Waals surface area contributed by atoms with E-state index in [2.05, 4.69) is 0 Å². The second-order valence-corrected chi connectivity index (χ2v) is 7.43. The van der Waals surface area contributed by atoms with Gasteiger partial charge in [-0.2, -0.15) is 8.78 Å². The Bertz CT molecular complexity index is 1320. The van der Waals surface area contributed by atoms with E-state index in [4.69, 9.17) is 18.5 Å². The van der Waals surface area contributed by atoms with Gasteiger partial charge in [-0.3, -0.25) is 24.5 Å². The standard InChI is InChI=1S/C22H18ClF2N3O4/c23-15-4-2-14(3-5-15)22(24,25)21(32)26-10-12-1-6-16-13(9-12)11-28(20(16)31)17-7-8-18(29)27-19(17)30/h1-6,9,17H,7-8,10-11H2,(H,26,32)(H,27,29,30)/i7D,8D,10D,17D/hD. The van der Waals surface area contributed by atoms with Gasteiger partial charge >= 0.3 is 5.92 Å². The molecule has 4 amide bonds. The first-order valence-corrected chi connectivity index (χ1v) is 9.62. The number of carbonyl (C=O) groups is 4. The van der Waals surface area contributed by atoms with E-state index < -0.39 is 67.0 Å². The van der Waals surface area contributed by atoms with Crippen molar-refractivity contribution >= 4 is 35.2 Å². The summed E-state index contributed by atoms with van der Waals surface area (Å²) in [5.41, 5.74) is -0.693. The van der Waals surface area contributed by atoms with Crippen molar-refractivity contribution < 1.29 is 34.9 Å².